The maximum atomic E-state index is 11.7. The van der Waals surface area contributed by atoms with E-state index < -0.39 is 0 Å². The molecule has 2 aliphatic rings. The standard InChI is InChI=1S/C15H19NO3/c17-14-8-11-6-12(14)7-13(11)16-15(18)19-9-10-4-2-1-3-5-10/h1-5,11-14,17H,6-9H2,(H,16,18)/t11-,12-,13-,14+/m1/s1. The lowest BCUT2D eigenvalue weighted by Gasteiger charge is -2.25. The predicted molar refractivity (Wildman–Crippen MR) is 70.4 cm³/mol. The second-order valence-electron chi connectivity index (χ2n) is 5.61. The Hall–Kier alpha value is -1.55. The zero-order valence-electron chi connectivity index (χ0n) is 10.8. The van der Waals surface area contributed by atoms with Crippen LogP contribution in [0.25, 0.3) is 0 Å². The van der Waals surface area contributed by atoms with Crippen molar-refractivity contribution < 1.29 is 14.6 Å². The quantitative estimate of drug-likeness (QED) is 0.875. The summed E-state index contributed by atoms with van der Waals surface area (Å²) in [4.78, 5) is 11.7. The van der Waals surface area contributed by atoms with Gasteiger partial charge in [0.2, 0.25) is 0 Å². The Morgan fingerprint density at radius 1 is 1.21 bits per heavy atom. The predicted octanol–water partition coefficient (Wildman–Crippen LogP) is 2.07. The number of ether oxygens (including phenoxy) is 1. The lowest BCUT2D eigenvalue weighted by Crippen LogP contribution is -2.40. The SMILES string of the molecule is O=C(N[C@@H]1C[C@H]2C[C@@H]1C[C@@H]2O)OCc1ccccc1. The number of carbonyl (C=O) groups excluding carboxylic acids is 1. The highest BCUT2D eigenvalue weighted by Gasteiger charge is 2.45. The van der Waals surface area contributed by atoms with E-state index in [1.54, 1.807) is 0 Å². The summed E-state index contributed by atoms with van der Waals surface area (Å²) in [7, 11) is 0. The van der Waals surface area contributed by atoms with Gasteiger partial charge in [-0.1, -0.05) is 30.3 Å². The monoisotopic (exact) mass is 261 g/mol. The second-order valence-corrected chi connectivity index (χ2v) is 5.61. The van der Waals surface area contributed by atoms with Gasteiger partial charge in [-0.2, -0.15) is 0 Å². The molecule has 0 heterocycles. The van der Waals surface area contributed by atoms with Crippen molar-refractivity contribution >= 4 is 6.09 Å². The summed E-state index contributed by atoms with van der Waals surface area (Å²) in [6.07, 6.45) is 2.21. The smallest absolute Gasteiger partial charge is 0.407 e. The summed E-state index contributed by atoms with van der Waals surface area (Å²) in [5, 5.41) is 12.6. The minimum absolute atomic E-state index is 0.164. The minimum atomic E-state index is -0.351. The molecule has 2 bridgehead atoms. The third kappa shape index (κ3) is 2.73. The van der Waals surface area contributed by atoms with Crippen molar-refractivity contribution in [2.45, 2.75) is 38.0 Å². The van der Waals surface area contributed by atoms with E-state index in [0.717, 1.165) is 24.8 Å². The molecule has 2 N–H and O–H groups in total. The molecule has 0 radical (unpaired) electrons. The van der Waals surface area contributed by atoms with E-state index in [4.69, 9.17) is 4.74 Å². The van der Waals surface area contributed by atoms with Crippen LogP contribution in [0.4, 0.5) is 4.79 Å². The number of amides is 1. The lowest BCUT2D eigenvalue weighted by atomic mass is 9.93. The molecule has 4 atom stereocenters. The Morgan fingerprint density at radius 3 is 2.63 bits per heavy atom. The highest BCUT2D eigenvalue weighted by molar-refractivity contribution is 5.67. The molecule has 4 nitrogen and oxygen atoms in total. The van der Waals surface area contributed by atoms with Crippen molar-refractivity contribution in [3.8, 4) is 0 Å². The number of carbonyl (C=O) groups is 1. The van der Waals surface area contributed by atoms with Crippen molar-refractivity contribution in [2.75, 3.05) is 0 Å². The van der Waals surface area contributed by atoms with Crippen LogP contribution in [-0.4, -0.2) is 23.3 Å². The second kappa shape index (κ2) is 5.21. The number of aliphatic hydroxyl groups excluding tert-OH is 1. The molecule has 2 aliphatic carbocycles. The van der Waals surface area contributed by atoms with Gasteiger partial charge in [0.25, 0.3) is 0 Å². The van der Waals surface area contributed by atoms with Gasteiger partial charge in [0.1, 0.15) is 6.61 Å². The molecule has 0 unspecified atom stereocenters. The molecule has 4 heteroatoms. The van der Waals surface area contributed by atoms with E-state index in [1.807, 2.05) is 30.3 Å². The summed E-state index contributed by atoms with van der Waals surface area (Å²) in [5.74, 6) is 0.786. The summed E-state index contributed by atoms with van der Waals surface area (Å²) < 4.78 is 5.21. The Balaban J connectivity index is 1.45. The molecule has 102 valence electrons. The van der Waals surface area contributed by atoms with E-state index in [-0.39, 0.29) is 18.2 Å². The third-order valence-corrected chi connectivity index (χ3v) is 4.34. The summed E-state index contributed by atoms with van der Waals surface area (Å²) in [5.41, 5.74) is 0.987. The first kappa shape index (κ1) is 12.5. The Labute approximate surface area is 112 Å². The van der Waals surface area contributed by atoms with Crippen LogP contribution in [0.3, 0.4) is 0 Å². The fraction of sp³-hybridized carbons (Fsp3) is 0.533. The topological polar surface area (TPSA) is 58.6 Å². The molecule has 2 fully saturated rings. The van der Waals surface area contributed by atoms with E-state index in [1.165, 1.54) is 0 Å². The summed E-state index contributed by atoms with van der Waals surface area (Å²) >= 11 is 0. The summed E-state index contributed by atoms with van der Waals surface area (Å²) in [6.45, 7) is 0.302. The van der Waals surface area contributed by atoms with Gasteiger partial charge in [0.15, 0.2) is 0 Å². The first-order valence-electron chi connectivity index (χ1n) is 6.87. The van der Waals surface area contributed by atoms with Crippen molar-refractivity contribution in [3.05, 3.63) is 35.9 Å². The van der Waals surface area contributed by atoms with Crippen LogP contribution in [0.5, 0.6) is 0 Å². The summed E-state index contributed by atoms with van der Waals surface area (Å²) in [6, 6.07) is 9.82. The number of hydrogen-bond donors (Lipinski definition) is 2. The molecule has 0 saturated heterocycles. The number of benzene rings is 1. The van der Waals surface area contributed by atoms with Crippen molar-refractivity contribution in [2.24, 2.45) is 11.8 Å². The average molecular weight is 261 g/mol. The van der Waals surface area contributed by atoms with Gasteiger partial charge in [-0.25, -0.2) is 4.79 Å². The molecule has 1 aromatic rings. The van der Waals surface area contributed by atoms with Gasteiger partial charge in [-0.3, -0.25) is 0 Å². The Kier molecular flexibility index (Phi) is 3.42. The first-order valence-corrected chi connectivity index (χ1v) is 6.87. The van der Waals surface area contributed by atoms with E-state index in [2.05, 4.69) is 5.32 Å². The molecule has 0 aliphatic heterocycles. The van der Waals surface area contributed by atoms with Crippen LogP contribution >= 0.6 is 0 Å². The van der Waals surface area contributed by atoms with Crippen LogP contribution in [0.2, 0.25) is 0 Å². The van der Waals surface area contributed by atoms with Crippen LogP contribution in [0, 0.1) is 11.8 Å². The van der Waals surface area contributed by atoms with Crippen LogP contribution in [0.15, 0.2) is 30.3 Å². The maximum Gasteiger partial charge on any atom is 0.407 e. The van der Waals surface area contributed by atoms with Gasteiger partial charge < -0.3 is 15.2 Å². The molecule has 0 spiro atoms. The fourth-order valence-electron chi connectivity index (χ4n) is 3.34. The van der Waals surface area contributed by atoms with Gasteiger partial charge in [0.05, 0.1) is 6.10 Å². The highest BCUT2D eigenvalue weighted by Crippen LogP contribution is 2.44. The van der Waals surface area contributed by atoms with E-state index in [0.29, 0.717) is 18.4 Å². The molecular weight excluding hydrogens is 242 g/mol. The fourth-order valence-corrected chi connectivity index (χ4v) is 3.34. The Morgan fingerprint density at radius 2 is 2.00 bits per heavy atom. The van der Waals surface area contributed by atoms with E-state index in [9.17, 15) is 9.90 Å². The van der Waals surface area contributed by atoms with Crippen LogP contribution in [-0.2, 0) is 11.3 Å². The van der Waals surface area contributed by atoms with Gasteiger partial charge in [0, 0.05) is 6.04 Å². The number of alkyl carbamates (subject to hydrolysis) is 1. The number of fused-ring (bicyclic) bond motifs is 2. The molecule has 3 rings (SSSR count). The molecule has 1 aromatic carbocycles. The number of hydrogen-bond acceptors (Lipinski definition) is 3. The zero-order valence-corrected chi connectivity index (χ0v) is 10.8. The Bertz CT molecular complexity index is 446. The van der Waals surface area contributed by atoms with Gasteiger partial charge >= 0.3 is 6.09 Å². The molecule has 2 saturated carbocycles. The number of rotatable bonds is 3. The van der Waals surface area contributed by atoms with Crippen molar-refractivity contribution in [1.82, 2.24) is 5.32 Å². The third-order valence-electron chi connectivity index (χ3n) is 4.34. The zero-order chi connectivity index (χ0) is 13.2. The molecule has 0 aromatic heterocycles. The van der Waals surface area contributed by atoms with E-state index >= 15 is 0 Å². The number of nitrogens with one attached hydrogen (secondary N) is 1. The molecule has 1 amide bonds. The van der Waals surface area contributed by atoms with Crippen molar-refractivity contribution in [1.29, 1.82) is 0 Å². The maximum absolute atomic E-state index is 11.7. The first-order chi connectivity index (χ1) is 9.22. The van der Waals surface area contributed by atoms with Crippen LogP contribution < -0.4 is 5.32 Å². The van der Waals surface area contributed by atoms with Gasteiger partial charge in [-0.15, -0.1) is 0 Å². The molecular formula is C15H19NO3. The number of aliphatic hydroxyl groups is 1. The normalized spacial score (nSPS) is 32.3. The van der Waals surface area contributed by atoms with Crippen LogP contribution in [0.1, 0.15) is 24.8 Å². The highest BCUT2D eigenvalue weighted by atomic mass is 16.5. The van der Waals surface area contributed by atoms with Crippen molar-refractivity contribution in [3.63, 3.8) is 0 Å². The largest absolute Gasteiger partial charge is 0.445 e. The minimum Gasteiger partial charge on any atom is -0.445 e. The average Bonchev–Trinajstić information content (AvgIpc) is 2.96. The molecule has 19 heavy (non-hydrogen) atoms. The lowest BCUT2D eigenvalue weighted by molar-refractivity contribution is 0.0947. The van der Waals surface area contributed by atoms with Gasteiger partial charge in [-0.05, 0) is 36.7 Å².